The molecular formula is C5H14O2S3. The van der Waals surface area contributed by atoms with Gasteiger partial charge >= 0.3 is 0 Å². The summed E-state index contributed by atoms with van der Waals surface area (Å²) < 4.78 is 0. The van der Waals surface area contributed by atoms with Gasteiger partial charge in [-0.05, 0) is 0 Å². The van der Waals surface area contributed by atoms with Crippen molar-refractivity contribution < 1.29 is 10.2 Å². The fraction of sp³-hybridized carbons (Fsp3) is 1.00. The molecule has 0 aromatic carbocycles. The van der Waals surface area contributed by atoms with E-state index in [-0.39, 0.29) is 19.3 Å². The predicted octanol–water partition coefficient (Wildman–Crippen LogP) is 1.64. The van der Waals surface area contributed by atoms with Crippen LogP contribution in [0.25, 0.3) is 0 Å². The van der Waals surface area contributed by atoms with Crippen molar-refractivity contribution in [2.45, 2.75) is 7.43 Å². The highest BCUT2D eigenvalue weighted by molar-refractivity contribution is 8.76. The van der Waals surface area contributed by atoms with Crippen molar-refractivity contribution in [2.24, 2.45) is 0 Å². The van der Waals surface area contributed by atoms with Crippen LogP contribution in [-0.4, -0.2) is 33.6 Å². The molecule has 10 heavy (non-hydrogen) atoms. The lowest BCUT2D eigenvalue weighted by Crippen LogP contribution is -1.83. The van der Waals surface area contributed by atoms with Crippen LogP contribution in [0, 0.1) is 0 Å². The highest BCUT2D eigenvalue weighted by Gasteiger charge is 1.87. The Labute approximate surface area is 74.6 Å². The molecule has 0 saturated heterocycles. The van der Waals surface area contributed by atoms with Gasteiger partial charge in [0.2, 0.25) is 0 Å². The second-order valence-corrected chi connectivity index (χ2v) is 4.73. The van der Waals surface area contributed by atoms with Crippen molar-refractivity contribution in [3.63, 3.8) is 0 Å². The summed E-state index contributed by atoms with van der Waals surface area (Å²) in [6.07, 6.45) is 0. The summed E-state index contributed by atoms with van der Waals surface area (Å²) in [4.78, 5) is 0. The Morgan fingerprint density at radius 2 is 1.60 bits per heavy atom. The molecule has 2 nitrogen and oxygen atoms in total. The van der Waals surface area contributed by atoms with Gasteiger partial charge in [0.25, 0.3) is 0 Å². The minimum atomic E-state index is 0. The Morgan fingerprint density at radius 1 is 0.900 bits per heavy atom. The Morgan fingerprint density at radius 3 is 2.10 bits per heavy atom. The Bertz CT molecular complexity index is 48.2. The molecule has 0 rings (SSSR count). The lowest BCUT2D eigenvalue weighted by molar-refractivity contribution is 0.375. The maximum Gasteiger partial charge on any atom is 0.0987 e. The zero-order chi connectivity index (χ0) is 6.95. The van der Waals surface area contributed by atoms with Gasteiger partial charge in [0, 0.05) is 11.5 Å². The van der Waals surface area contributed by atoms with Crippen molar-refractivity contribution in [2.75, 3.05) is 23.4 Å². The highest BCUT2D eigenvalue weighted by Crippen LogP contribution is 2.20. The number of thioether (sulfide) groups is 1. The van der Waals surface area contributed by atoms with Crippen molar-refractivity contribution in [3.05, 3.63) is 0 Å². The van der Waals surface area contributed by atoms with E-state index in [1.165, 1.54) is 22.6 Å². The second-order valence-electron chi connectivity index (χ2n) is 1.11. The van der Waals surface area contributed by atoms with Crippen LogP contribution < -0.4 is 0 Å². The minimum absolute atomic E-state index is 0. The third-order valence-electron chi connectivity index (χ3n) is 0.538. The molecule has 0 fully saturated rings. The van der Waals surface area contributed by atoms with Gasteiger partial charge in [-0.2, -0.15) is 0 Å². The van der Waals surface area contributed by atoms with E-state index in [0.717, 1.165) is 11.5 Å². The summed E-state index contributed by atoms with van der Waals surface area (Å²) >= 11 is 1.50. The summed E-state index contributed by atoms with van der Waals surface area (Å²) in [7, 11) is 3.06. The summed E-state index contributed by atoms with van der Waals surface area (Å²) in [6, 6.07) is 0. The molecule has 0 aromatic rings. The van der Waals surface area contributed by atoms with Crippen LogP contribution in [0.4, 0.5) is 0 Å². The first kappa shape index (κ1) is 13.6. The second kappa shape index (κ2) is 12.6. The number of aliphatic hydroxyl groups excluding tert-OH is 2. The number of hydrogen-bond donors (Lipinski definition) is 2. The van der Waals surface area contributed by atoms with Gasteiger partial charge in [-0.1, -0.05) is 29.0 Å². The summed E-state index contributed by atoms with van der Waals surface area (Å²) in [6.45, 7) is 0. The third kappa shape index (κ3) is 11.7. The molecule has 0 atom stereocenters. The van der Waals surface area contributed by atoms with Gasteiger partial charge in [-0.3, -0.25) is 0 Å². The molecule has 2 N–H and O–H groups in total. The molecule has 0 aliphatic rings. The average Bonchev–Trinajstić information content (AvgIpc) is 1.89. The molecule has 5 heteroatoms. The van der Waals surface area contributed by atoms with Crippen LogP contribution >= 0.6 is 33.3 Å². The van der Waals surface area contributed by atoms with Crippen LogP contribution in [0.2, 0.25) is 0 Å². The molecule has 0 aromatic heterocycles. The van der Waals surface area contributed by atoms with Gasteiger partial charge in [0.1, 0.15) is 0 Å². The maximum absolute atomic E-state index is 8.32. The van der Waals surface area contributed by atoms with Crippen LogP contribution in [0.15, 0.2) is 0 Å². The Kier molecular flexibility index (Phi) is 17.1. The lowest BCUT2D eigenvalue weighted by Gasteiger charge is -1.95. The summed E-state index contributed by atoms with van der Waals surface area (Å²) in [5, 5.41) is 16.6. The number of rotatable bonds is 6. The monoisotopic (exact) mass is 202 g/mol. The maximum atomic E-state index is 8.32. The molecule has 0 heterocycles. The van der Waals surface area contributed by atoms with Crippen molar-refractivity contribution in [1.82, 2.24) is 0 Å². The van der Waals surface area contributed by atoms with Crippen molar-refractivity contribution in [1.29, 1.82) is 0 Å². The van der Waals surface area contributed by atoms with E-state index in [0.29, 0.717) is 0 Å². The standard InChI is InChI=1S/C4H10O2S3.CH4/c5-3-7-1-2-8-9-4-6;/h5-6H,1-4H2;1H4. The smallest absolute Gasteiger partial charge is 0.0987 e. The van der Waals surface area contributed by atoms with Crippen LogP contribution in [-0.2, 0) is 0 Å². The molecule has 0 amide bonds. The average molecular weight is 202 g/mol. The quantitative estimate of drug-likeness (QED) is 0.389. The van der Waals surface area contributed by atoms with E-state index in [2.05, 4.69) is 0 Å². The molecule has 0 aliphatic carbocycles. The Hall–Kier alpha value is 0.970. The van der Waals surface area contributed by atoms with Crippen molar-refractivity contribution in [3.8, 4) is 0 Å². The van der Waals surface area contributed by atoms with Crippen LogP contribution in [0.1, 0.15) is 7.43 Å². The zero-order valence-corrected chi connectivity index (χ0v) is 7.40. The first-order chi connectivity index (χ1) is 4.41. The molecule has 0 bridgehead atoms. The van der Waals surface area contributed by atoms with E-state index < -0.39 is 0 Å². The zero-order valence-electron chi connectivity index (χ0n) is 4.95. The number of hydrogen-bond acceptors (Lipinski definition) is 5. The first-order valence-electron chi connectivity index (χ1n) is 2.45. The highest BCUT2D eigenvalue weighted by atomic mass is 33.1. The van der Waals surface area contributed by atoms with Crippen molar-refractivity contribution >= 4 is 33.3 Å². The molecule has 0 spiro atoms. The number of aliphatic hydroxyl groups is 2. The minimum Gasteiger partial charge on any atom is -0.386 e. The Balaban J connectivity index is 0. The van der Waals surface area contributed by atoms with Crippen LogP contribution in [0.3, 0.4) is 0 Å². The van der Waals surface area contributed by atoms with Gasteiger partial charge in [0.15, 0.2) is 0 Å². The largest absolute Gasteiger partial charge is 0.386 e. The van der Waals surface area contributed by atoms with E-state index in [1.54, 1.807) is 10.8 Å². The topological polar surface area (TPSA) is 40.5 Å². The summed E-state index contributed by atoms with van der Waals surface area (Å²) in [5.41, 5.74) is 0. The molecule has 0 unspecified atom stereocenters. The predicted molar refractivity (Wildman–Crippen MR) is 53.4 cm³/mol. The normalized spacial score (nSPS) is 9.00. The van der Waals surface area contributed by atoms with Gasteiger partial charge < -0.3 is 10.2 Å². The fourth-order valence-electron chi connectivity index (χ4n) is 0.254. The molecular weight excluding hydrogens is 188 g/mol. The third-order valence-corrected chi connectivity index (χ3v) is 3.43. The van der Waals surface area contributed by atoms with Gasteiger partial charge in [-0.25, -0.2) is 0 Å². The molecule has 64 valence electrons. The lowest BCUT2D eigenvalue weighted by atomic mass is 11.0. The molecule has 0 aliphatic heterocycles. The summed E-state index contributed by atoms with van der Waals surface area (Å²) in [5.74, 6) is 2.31. The first-order valence-corrected chi connectivity index (χ1v) is 6.10. The van der Waals surface area contributed by atoms with E-state index in [9.17, 15) is 0 Å². The van der Waals surface area contributed by atoms with E-state index in [4.69, 9.17) is 10.2 Å². The molecule has 0 saturated carbocycles. The van der Waals surface area contributed by atoms with E-state index >= 15 is 0 Å². The molecule has 0 radical (unpaired) electrons. The fourth-order valence-corrected chi connectivity index (χ4v) is 2.51. The van der Waals surface area contributed by atoms with Gasteiger partial charge in [0.05, 0.1) is 11.9 Å². The van der Waals surface area contributed by atoms with E-state index in [1.807, 2.05) is 0 Å². The van der Waals surface area contributed by atoms with Gasteiger partial charge in [-0.15, -0.1) is 11.8 Å². The van der Waals surface area contributed by atoms with Crippen LogP contribution in [0.5, 0.6) is 0 Å². The SMILES string of the molecule is C.OCSCCSSCO.